The highest BCUT2D eigenvalue weighted by molar-refractivity contribution is 6.99. The zero-order chi connectivity index (χ0) is 37.5. The molecule has 57 heavy (non-hydrogen) atoms. The van der Waals surface area contributed by atoms with Crippen LogP contribution in [-0.2, 0) is 5.41 Å². The highest BCUT2D eigenvalue weighted by Crippen LogP contribution is 2.59. The van der Waals surface area contributed by atoms with E-state index in [0.29, 0.717) is 0 Å². The summed E-state index contributed by atoms with van der Waals surface area (Å²) in [4.78, 5) is 14.5. The molecule has 0 atom stereocenters. The molecule has 0 spiro atoms. The summed E-state index contributed by atoms with van der Waals surface area (Å²) in [6, 6.07) is 67.9. The summed E-state index contributed by atoms with van der Waals surface area (Å²) < 4.78 is 7.33. The van der Waals surface area contributed by atoms with Crippen molar-refractivity contribution in [3.8, 4) is 11.5 Å². The Labute approximate surface area is 331 Å². The van der Waals surface area contributed by atoms with E-state index in [-0.39, 0.29) is 6.71 Å². The first-order valence-corrected chi connectivity index (χ1v) is 19.4. The number of rotatable bonds is 4. The Hall–Kier alpha value is -7.44. The lowest BCUT2D eigenvalue weighted by atomic mass is 9.29. The predicted octanol–water partition coefficient (Wildman–Crippen LogP) is 10.2. The van der Waals surface area contributed by atoms with E-state index in [2.05, 4.69) is 186 Å². The van der Waals surface area contributed by atoms with E-state index in [1.54, 1.807) is 12.4 Å². The quantitative estimate of drug-likeness (QED) is 0.169. The largest absolute Gasteiger partial charge is 0.451 e. The van der Waals surface area contributed by atoms with E-state index in [0.717, 1.165) is 56.7 Å². The molecule has 0 unspecified atom stereocenters. The van der Waals surface area contributed by atoms with Crippen LogP contribution in [0.25, 0.3) is 11.0 Å². The Morgan fingerprint density at radius 2 is 1.09 bits per heavy atom. The SMILES string of the molecule is c1ccc(N2c3ccccc3B3c4ccccc4C(c4ccccc4)(c4ccccc4)c4cc5c(c2c43)Oc2ccccc2N5c2cccc3nccnc23)cc1. The van der Waals surface area contributed by atoms with E-state index in [1.807, 2.05) is 12.1 Å². The van der Waals surface area contributed by atoms with E-state index in [9.17, 15) is 0 Å². The molecule has 0 N–H and O–H groups in total. The number of anilines is 6. The van der Waals surface area contributed by atoms with Crippen molar-refractivity contribution in [2.75, 3.05) is 9.80 Å². The third-order valence-electron chi connectivity index (χ3n) is 12.1. The second-order valence-electron chi connectivity index (χ2n) is 14.9. The van der Waals surface area contributed by atoms with Crippen molar-refractivity contribution < 1.29 is 4.74 Å². The Balaban J connectivity index is 1.31. The molecule has 8 aromatic carbocycles. The van der Waals surface area contributed by atoms with Crippen LogP contribution >= 0.6 is 0 Å². The van der Waals surface area contributed by atoms with Gasteiger partial charge in [0.25, 0.3) is 0 Å². The maximum absolute atomic E-state index is 7.33. The van der Waals surface area contributed by atoms with Gasteiger partial charge in [0.05, 0.1) is 33.7 Å². The maximum atomic E-state index is 7.33. The maximum Gasteiger partial charge on any atom is 0.247 e. The van der Waals surface area contributed by atoms with Crippen LogP contribution in [0.15, 0.2) is 200 Å². The minimum Gasteiger partial charge on any atom is -0.451 e. The smallest absolute Gasteiger partial charge is 0.247 e. The zero-order valence-electron chi connectivity index (χ0n) is 30.8. The van der Waals surface area contributed by atoms with E-state index < -0.39 is 5.41 Å². The van der Waals surface area contributed by atoms with Crippen LogP contribution < -0.4 is 30.9 Å². The van der Waals surface area contributed by atoms with Gasteiger partial charge in [-0.3, -0.25) is 9.97 Å². The number of fused-ring (bicyclic) bond motifs is 8. The fourth-order valence-corrected chi connectivity index (χ4v) is 9.91. The molecule has 0 fully saturated rings. The molecule has 266 valence electrons. The predicted molar refractivity (Wildman–Crippen MR) is 232 cm³/mol. The van der Waals surface area contributed by atoms with Gasteiger partial charge in [0.15, 0.2) is 11.5 Å². The van der Waals surface area contributed by atoms with Gasteiger partial charge >= 0.3 is 0 Å². The van der Waals surface area contributed by atoms with E-state index >= 15 is 0 Å². The first-order valence-electron chi connectivity index (χ1n) is 19.4. The third kappa shape index (κ3) is 4.41. The van der Waals surface area contributed by atoms with Gasteiger partial charge in [-0.05, 0) is 81.7 Å². The van der Waals surface area contributed by atoms with Gasteiger partial charge in [-0.2, -0.15) is 0 Å². The van der Waals surface area contributed by atoms with Crippen molar-refractivity contribution in [3.63, 3.8) is 0 Å². The summed E-state index contributed by atoms with van der Waals surface area (Å²) >= 11 is 0. The molecule has 3 aliphatic heterocycles. The van der Waals surface area contributed by atoms with Crippen molar-refractivity contribution in [3.05, 3.63) is 223 Å². The topological polar surface area (TPSA) is 41.5 Å². The van der Waals surface area contributed by atoms with Crippen LogP contribution in [0, 0.1) is 0 Å². The van der Waals surface area contributed by atoms with E-state index in [1.165, 1.54) is 38.6 Å². The molecule has 0 amide bonds. The molecule has 6 heteroatoms. The highest BCUT2D eigenvalue weighted by Gasteiger charge is 2.53. The van der Waals surface area contributed by atoms with E-state index in [4.69, 9.17) is 14.7 Å². The summed E-state index contributed by atoms with van der Waals surface area (Å²) in [5.74, 6) is 1.57. The average molecular weight is 729 g/mol. The monoisotopic (exact) mass is 728 g/mol. The number of hydrogen-bond donors (Lipinski definition) is 0. The molecular formula is C51H33BN4O. The summed E-state index contributed by atoms with van der Waals surface area (Å²) in [6.07, 6.45) is 3.54. The summed E-state index contributed by atoms with van der Waals surface area (Å²) in [5, 5.41) is 0. The molecule has 0 radical (unpaired) electrons. The first kappa shape index (κ1) is 31.9. The summed E-state index contributed by atoms with van der Waals surface area (Å²) in [7, 11) is 0. The van der Waals surface area contributed by atoms with Crippen LogP contribution in [0.5, 0.6) is 11.5 Å². The summed E-state index contributed by atoms with van der Waals surface area (Å²) in [5.41, 5.74) is 15.7. The second-order valence-corrected chi connectivity index (χ2v) is 14.9. The summed E-state index contributed by atoms with van der Waals surface area (Å²) in [6.45, 7) is -0.0640. The molecule has 0 saturated carbocycles. The van der Waals surface area contributed by atoms with Crippen LogP contribution in [0.2, 0.25) is 0 Å². The lowest BCUT2D eigenvalue weighted by molar-refractivity contribution is 0.478. The van der Waals surface area contributed by atoms with Gasteiger partial charge in [-0.1, -0.05) is 145 Å². The molecule has 0 saturated heterocycles. The first-order chi connectivity index (χ1) is 28.3. The minimum absolute atomic E-state index is 0.0640. The molecular weight excluding hydrogens is 695 g/mol. The minimum atomic E-state index is -0.690. The molecule has 12 rings (SSSR count). The van der Waals surface area contributed by atoms with Gasteiger partial charge < -0.3 is 14.5 Å². The van der Waals surface area contributed by atoms with Gasteiger partial charge in [0.2, 0.25) is 6.71 Å². The highest BCUT2D eigenvalue weighted by atomic mass is 16.5. The van der Waals surface area contributed by atoms with Crippen LogP contribution in [0.4, 0.5) is 34.1 Å². The number of nitrogens with zero attached hydrogens (tertiary/aromatic N) is 4. The van der Waals surface area contributed by atoms with Gasteiger partial charge in [0, 0.05) is 23.8 Å². The number of benzene rings is 8. The number of ether oxygens (including phenoxy) is 1. The lowest BCUT2D eigenvalue weighted by Crippen LogP contribution is -2.65. The molecule has 3 aliphatic rings. The number of para-hydroxylation sites is 5. The lowest BCUT2D eigenvalue weighted by Gasteiger charge is -2.50. The second kappa shape index (κ2) is 12.3. The molecule has 5 nitrogen and oxygen atoms in total. The molecule has 4 heterocycles. The number of hydrogen-bond acceptors (Lipinski definition) is 5. The van der Waals surface area contributed by atoms with Crippen LogP contribution in [-0.4, -0.2) is 16.7 Å². The molecule has 0 bridgehead atoms. The normalized spacial score (nSPS) is 14.1. The Morgan fingerprint density at radius 3 is 1.86 bits per heavy atom. The van der Waals surface area contributed by atoms with Crippen molar-refractivity contribution in [1.29, 1.82) is 0 Å². The Bertz CT molecular complexity index is 2980. The Morgan fingerprint density at radius 1 is 0.474 bits per heavy atom. The molecule has 1 aromatic heterocycles. The average Bonchev–Trinajstić information content (AvgIpc) is 3.29. The van der Waals surface area contributed by atoms with Crippen molar-refractivity contribution in [2.45, 2.75) is 5.41 Å². The standard InChI is InChI=1S/C51H33BN4O/c1-4-17-34(18-5-1)51(35-19-6-2-7-20-35)37-23-10-11-24-39(37)52-40-25-12-13-27-42(40)55(36-21-8-3-9-22-36)49-47(52)38(51)33-45-50(49)57-46-30-15-14-28-43(46)56(45)44-29-16-26-41-48(44)54-32-31-53-41/h1-33H. The van der Waals surface area contributed by atoms with Crippen LogP contribution in [0.3, 0.4) is 0 Å². The van der Waals surface area contributed by atoms with Crippen molar-refractivity contribution in [2.24, 2.45) is 0 Å². The third-order valence-corrected chi connectivity index (χ3v) is 12.1. The van der Waals surface area contributed by atoms with Gasteiger partial charge in [-0.15, -0.1) is 0 Å². The van der Waals surface area contributed by atoms with Crippen LogP contribution in [0.1, 0.15) is 22.3 Å². The van der Waals surface area contributed by atoms with Gasteiger partial charge in [-0.25, -0.2) is 0 Å². The molecule has 0 aliphatic carbocycles. The van der Waals surface area contributed by atoms with Crippen molar-refractivity contribution in [1.82, 2.24) is 9.97 Å². The fraction of sp³-hybridized carbons (Fsp3) is 0.0196. The van der Waals surface area contributed by atoms with Crippen molar-refractivity contribution >= 4 is 68.3 Å². The molecule has 9 aromatic rings. The Kier molecular flexibility index (Phi) is 6.87. The zero-order valence-corrected chi connectivity index (χ0v) is 30.8. The fourth-order valence-electron chi connectivity index (χ4n) is 9.91. The number of aromatic nitrogens is 2. The van der Waals surface area contributed by atoms with Gasteiger partial charge in [0.1, 0.15) is 5.52 Å².